The molecule has 3 nitrogen and oxygen atoms in total. The smallest absolute Gasteiger partial charge is 0.195 e. The number of fused-ring (bicyclic) bond motifs is 1. The van der Waals surface area contributed by atoms with Crippen molar-refractivity contribution in [2.45, 2.75) is 19.8 Å². The van der Waals surface area contributed by atoms with Crippen LogP contribution in [0.4, 0.5) is 5.69 Å². The van der Waals surface area contributed by atoms with Gasteiger partial charge in [-0.05, 0) is 31.0 Å². The number of aromatic nitrogens is 1. The molecule has 0 aliphatic heterocycles. The molecule has 0 atom stereocenters. The molecule has 0 saturated carbocycles. The molecule has 2 aromatic carbocycles. The Hall–Kier alpha value is -2.29. The van der Waals surface area contributed by atoms with Crippen LogP contribution in [0.1, 0.15) is 17.0 Å². The molecule has 0 fully saturated rings. The minimum Gasteiger partial charge on any atom is -0.441 e. The fourth-order valence-corrected chi connectivity index (χ4v) is 2.24. The first-order chi connectivity index (χ1) is 9.22. The van der Waals surface area contributed by atoms with E-state index in [1.807, 2.05) is 18.2 Å². The van der Waals surface area contributed by atoms with Gasteiger partial charge in [0.25, 0.3) is 0 Å². The van der Waals surface area contributed by atoms with Crippen LogP contribution in [-0.4, -0.2) is 4.98 Å². The van der Waals surface area contributed by atoms with E-state index in [0.29, 0.717) is 5.69 Å². The summed E-state index contributed by atoms with van der Waals surface area (Å²) in [6.45, 7) is 2.10. The lowest BCUT2D eigenvalue weighted by Gasteiger charge is -1.99. The largest absolute Gasteiger partial charge is 0.441 e. The standard InChI is InChI=1S/C16H16N2O/c1-11-4-2-5-12(10-11)8-9-15-18-16-13(17)6-3-7-14(16)19-15/h2-7,10H,8-9,17H2,1H3. The van der Waals surface area contributed by atoms with E-state index in [9.17, 15) is 0 Å². The second-order valence-corrected chi connectivity index (χ2v) is 4.79. The molecule has 0 unspecified atom stereocenters. The van der Waals surface area contributed by atoms with Gasteiger partial charge in [-0.15, -0.1) is 0 Å². The number of oxazole rings is 1. The maximum atomic E-state index is 5.87. The van der Waals surface area contributed by atoms with Crippen LogP contribution in [0.2, 0.25) is 0 Å². The predicted octanol–water partition coefficient (Wildman–Crippen LogP) is 3.50. The number of hydrogen-bond donors (Lipinski definition) is 1. The lowest BCUT2D eigenvalue weighted by molar-refractivity contribution is 0.528. The van der Waals surface area contributed by atoms with Gasteiger partial charge in [0, 0.05) is 6.42 Å². The van der Waals surface area contributed by atoms with Crippen molar-refractivity contribution in [3.05, 3.63) is 59.5 Å². The molecule has 0 radical (unpaired) electrons. The number of benzene rings is 2. The van der Waals surface area contributed by atoms with Crippen molar-refractivity contribution in [1.82, 2.24) is 4.98 Å². The molecule has 2 N–H and O–H groups in total. The Labute approximate surface area is 112 Å². The third kappa shape index (κ3) is 2.45. The molecule has 0 bridgehead atoms. The highest BCUT2D eigenvalue weighted by atomic mass is 16.3. The molecule has 0 aliphatic rings. The molecule has 3 heteroatoms. The monoisotopic (exact) mass is 252 g/mol. The van der Waals surface area contributed by atoms with Crippen molar-refractivity contribution in [3.8, 4) is 0 Å². The highest BCUT2D eigenvalue weighted by Gasteiger charge is 2.08. The number of para-hydroxylation sites is 1. The summed E-state index contributed by atoms with van der Waals surface area (Å²) in [5.41, 5.74) is 10.7. The van der Waals surface area contributed by atoms with Crippen LogP contribution in [-0.2, 0) is 12.8 Å². The third-order valence-electron chi connectivity index (χ3n) is 3.20. The van der Waals surface area contributed by atoms with E-state index >= 15 is 0 Å². The van der Waals surface area contributed by atoms with Gasteiger partial charge in [-0.25, -0.2) is 4.98 Å². The van der Waals surface area contributed by atoms with E-state index in [4.69, 9.17) is 10.2 Å². The average molecular weight is 252 g/mol. The molecule has 1 heterocycles. The Kier molecular flexibility index (Phi) is 2.95. The molecule has 19 heavy (non-hydrogen) atoms. The normalized spacial score (nSPS) is 11.0. The zero-order valence-electron chi connectivity index (χ0n) is 10.9. The quantitative estimate of drug-likeness (QED) is 0.726. The summed E-state index contributed by atoms with van der Waals surface area (Å²) in [6, 6.07) is 14.1. The molecule has 96 valence electrons. The van der Waals surface area contributed by atoms with Gasteiger partial charge in [0.05, 0.1) is 5.69 Å². The Morgan fingerprint density at radius 3 is 2.74 bits per heavy atom. The van der Waals surface area contributed by atoms with Crippen LogP contribution in [0.25, 0.3) is 11.1 Å². The second-order valence-electron chi connectivity index (χ2n) is 4.79. The Morgan fingerprint density at radius 1 is 1.11 bits per heavy atom. The van der Waals surface area contributed by atoms with Crippen molar-refractivity contribution in [3.63, 3.8) is 0 Å². The fourth-order valence-electron chi connectivity index (χ4n) is 2.24. The summed E-state index contributed by atoms with van der Waals surface area (Å²) < 4.78 is 5.71. The first kappa shape index (κ1) is 11.8. The van der Waals surface area contributed by atoms with Crippen LogP contribution in [0.15, 0.2) is 46.9 Å². The fraction of sp³-hybridized carbons (Fsp3) is 0.188. The van der Waals surface area contributed by atoms with Crippen molar-refractivity contribution in [2.75, 3.05) is 5.73 Å². The van der Waals surface area contributed by atoms with E-state index < -0.39 is 0 Å². The van der Waals surface area contributed by atoms with Crippen LogP contribution in [0.5, 0.6) is 0 Å². The lowest BCUT2D eigenvalue weighted by Crippen LogP contribution is -1.92. The summed E-state index contributed by atoms with van der Waals surface area (Å²) in [5.74, 6) is 0.745. The summed E-state index contributed by atoms with van der Waals surface area (Å²) in [7, 11) is 0. The zero-order valence-corrected chi connectivity index (χ0v) is 10.9. The molecular weight excluding hydrogens is 236 g/mol. The van der Waals surface area contributed by atoms with Gasteiger partial charge >= 0.3 is 0 Å². The third-order valence-corrected chi connectivity index (χ3v) is 3.20. The molecule has 0 saturated heterocycles. The molecule has 3 aromatic rings. The van der Waals surface area contributed by atoms with Gasteiger partial charge in [-0.3, -0.25) is 0 Å². The van der Waals surface area contributed by atoms with Gasteiger partial charge in [0.15, 0.2) is 11.5 Å². The Bertz CT molecular complexity index is 716. The zero-order chi connectivity index (χ0) is 13.2. The van der Waals surface area contributed by atoms with Crippen molar-refractivity contribution in [1.29, 1.82) is 0 Å². The van der Waals surface area contributed by atoms with E-state index in [2.05, 4.69) is 36.2 Å². The summed E-state index contributed by atoms with van der Waals surface area (Å²) in [4.78, 5) is 4.46. The maximum absolute atomic E-state index is 5.87. The van der Waals surface area contributed by atoms with Gasteiger partial charge in [0.1, 0.15) is 5.52 Å². The first-order valence-electron chi connectivity index (χ1n) is 6.42. The summed E-state index contributed by atoms with van der Waals surface area (Å²) in [5, 5.41) is 0. The predicted molar refractivity (Wildman–Crippen MR) is 77.0 cm³/mol. The molecule has 3 rings (SSSR count). The lowest BCUT2D eigenvalue weighted by atomic mass is 10.1. The summed E-state index contributed by atoms with van der Waals surface area (Å²) >= 11 is 0. The number of anilines is 1. The van der Waals surface area contributed by atoms with Gasteiger partial charge in [-0.2, -0.15) is 0 Å². The first-order valence-corrected chi connectivity index (χ1v) is 6.42. The van der Waals surface area contributed by atoms with Crippen molar-refractivity contribution in [2.24, 2.45) is 0 Å². The molecule has 0 spiro atoms. The Morgan fingerprint density at radius 2 is 1.95 bits per heavy atom. The number of nitrogens with two attached hydrogens (primary N) is 1. The number of nitrogens with zero attached hydrogens (tertiary/aromatic N) is 1. The van der Waals surface area contributed by atoms with Crippen LogP contribution >= 0.6 is 0 Å². The van der Waals surface area contributed by atoms with Crippen LogP contribution in [0.3, 0.4) is 0 Å². The number of hydrogen-bond acceptors (Lipinski definition) is 3. The molecule has 1 aromatic heterocycles. The van der Waals surface area contributed by atoms with E-state index in [1.165, 1.54) is 11.1 Å². The van der Waals surface area contributed by atoms with E-state index in [-0.39, 0.29) is 0 Å². The average Bonchev–Trinajstić information content (AvgIpc) is 2.81. The highest BCUT2D eigenvalue weighted by molar-refractivity contribution is 5.85. The number of nitrogen functional groups attached to an aromatic ring is 1. The van der Waals surface area contributed by atoms with Gasteiger partial charge < -0.3 is 10.2 Å². The van der Waals surface area contributed by atoms with Crippen LogP contribution in [0, 0.1) is 6.92 Å². The topological polar surface area (TPSA) is 52.0 Å². The van der Waals surface area contributed by atoms with Crippen molar-refractivity contribution >= 4 is 16.8 Å². The SMILES string of the molecule is Cc1cccc(CCc2nc3c(N)cccc3o2)c1. The summed E-state index contributed by atoms with van der Waals surface area (Å²) in [6.07, 6.45) is 1.71. The minimum absolute atomic E-state index is 0.669. The van der Waals surface area contributed by atoms with Crippen molar-refractivity contribution < 1.29 is 4.42 Å². The number of aryl methyl sites for hydroxylation is 3. The highest BCUT2D eigenvalue weighted by Crippen LogP contribution is 2.21. The van der Waals surface area contributed by atoms with Gasteiger partial charge in [0.2, 0.25) is 0 Å². The maximum Gasteiger partial charge on any atom is 0.195 e. The second kappa shape index (κ2) is 4.76. The minimum atomic E-state index is 0.669. The van der Waals surface area contributed by atoms with E-state index in [0.717, 1.165) is 29.8 Å². The number of rotatable bonds is 3. The van der Waals surface area contributed by atoms with Crippen LogP contribution < -0.4 is 5.73 Å². The molecular formula is C16H16N2O. The molecule has 0 aliphatic carbocycles. The van der Waals surface area contributed by atoms with Gasteiger partial charge in [-0.1, -0.05) is 35.9 Å². The van der Waals surface area contributed by atoms with E-state index in [1.54, 1.807) is 0 Å². The molecule has 0 amide bonds. The Balaban J connectivity index is 1.80.